The molecule has 2 N–H and O–H groups in total. The highest BCUT2D eigenvalue weighted by atomic mass is 16.3. The molecule has 0 atom stereocenters. The summed E-state index contributed by atoms with van der Waals surface area (Å²) in [6, 6.07) is 1.28. The number of aliphatic hydroxyl groups is 1. The average Bonchev–Trinajstić information content (AvgIpc) is 2.02. The van der Waals surface area contributed by atoms with Crippen molar-refractivity contribution < 1.29 is 5.11 Å². The summed E-state index contributed by atoms with van der Waals surface area (Å²) < 4.78 is 0. The van der Waals surface area contributed by atoms with Crippen LogP contribution in [0, 0.1) is 0 Å². The Morgan fingerprint density at radius 3 is 2.15 bits per heavy atom. The van der Waals surface area contributed by atoms with E-state index in [0.717, 1.165) is 12.8 Å². The standard InChI is InChI=1S/C11H23NO/c1-3-5-9(6-4-2)12-10-7-11(13)8-10/h9-13H,3-8H2,1-2H3. The van der Waals surface area contributed by atoms with Gasteiger partial charge in [0, 0.05) is 12.1 Å². The predicted octanol–water partition coefficient (Wildman–Crippen LogP) is 2.07. The molecule has 0 aromatic rings. The number of rotatable bonds is 6. The summed E-state index contributed by atoms with van der Waals surface area (Å²) in [5.74, 6) is 0. The lowest BCUT2D eigenvalue weighted by atomic mass is 9.88. The zero-order valence-corrected chi connectivity index (χ0v) is 8.92. The fourth-order valence-electron chi connectivity index (χ4n) is 2.07. The molecular formula is C11H23NO. The van der Waals surface area contributed by atoms with Crippen molar-refractivity contribution in [3.05, 3.63) is 0 Å². The minimum atomic E-state index is -0.0265. The minimum absolute atomic E-state index is 0.0265. The molecule has 0 aliphatic heterocycles. The van der Waals surface area contributed by atoms with Crippen molar-refractivity contribution in [1.82, 2.24) is 5.32 Å². The molecule has 78 valence electrons. The Morgan fingerprint density at radius 1 is 1.23 bits per heavy atom. The van der Waals surface area contributed by atoms with Crippen LogP contribution in [-0.2, 0) is 0 Å². The molecular weight excluding hydrogens is 162 g/mol. The van der Waals surface area contributed by atoms with Crippen LogP contribution in [0.3, 0.4) is 0 Å². The van der Waals surface area contributed by atoms with E-state index in [9.17, 15) is 0 Å². The average molecular weight is 185 g/mol. The lowest BCUT2D eigenvalue weighted by Gasteiger charge is -2.35. The summed E-state index contributed by atoms with van der Waals surface area (Å²) >= 11 is 0. The van der Waals surface area contributed by atoms with Crippen LogP contribution in [0.15, 0.2) is 0 Å². The van der Waals surface area contributed by atoms with Crippen molar-refractivity contribution in [2.24, 2.45) is 0 Å². The molecule has 1 aliphatic rings. The van der Waals surface area contributed by atoms with Gasteiger partial charge in [-0.15, -0.1) is 0 Å². The fourth-order valence-corrected chi connectivity index (χ4v) is 2.07. The maximum Gasteiger partial charge on any atom is 0.0570 e. The molecule has 1 aliphatic carbocycles. The van der Waals surface area contributed by atoms with Crippen molar-refractivity contribution in [1.29, 1.82) is 0 Å². The lowest BCUT2D eigenvalue weighted by molar-refractivity contribution is 0.0566. The van der Waals surface area contributed by atoms with E-state index in [-0.39, 0.29) is 6.10 Å². The normalized spacial score (nSPS) is 27.7. The molecule has 13 heavy (non-hydrogen) atoms. The first-order chi connectivity index (χ1) is 6.26. The monoisotopic (exact) mass is 185 g/mol. The van der Waals surface area contributed by atoms with E-state index in [1.807, 2.05) is 0 Å². The minimum Gasteiger partial charge on any atom is -0.393 e. The fraction of sp³-hybridized carbons (Fsp3) is 1.00. The van der Waals surface area contributed by atoms with E-state index < -0.39 is 0 Å². The van der Waals surface area contributed by atoms with Gasteiger partial charge in [-0.2, -0.15) is 0 Å². The number of nitrogens with one attached hydrogen (secondary N) is 1. The Kier molecular flexibility index (Phi) is 4.74. The second kappa shape index (κ2) is 5.61. The number of aliphatic hydroxyl groups excluding tert-OH is 1. The summed E-state index contributed by atoms with van der Waals surface area (Å²) in [7, 11) is 0. The Balaban J connectivity index is 2.14. The van der Waals surface area contributed by atoms with Gasteiger partial charge in [0.05, 0.1) is 6.10 Å². The number of hydrogen-bond acceptors (Lipinski definition) is 2. The maximum absolute atomic E-state index is 9.15. The van der Waals surface area contributed by atoms with Gasteiger partial charge >= 0.3 is 0 Å². The first-order valence-corrected chi connectivity index (χ1v) is 5.70. The lowest BCUT2D eigenvalue weighted by Crippen LogP contribution is -2.48. The predicted molar refractivity (Wildman–Crippen MR) is 55.8 cm³/mol. The van der Waals surface area contributed by atoms with Crippen LogP contribution in [-0.4, -0.2) is 23.3 Å². The molecule has 0 aromatic heterocycles. The molecule has 1 fully saturated rings. The van der Waals surface area contributed by atoms with E-state index in [0.29, 0.717) is 12.1 Å². The van der Waals surface area contributed by atoms with Gasteiger partial charge in [0.25, 0.3) is 0 Å². The summed E-state index contributed by atoms with van der Waals surface area (Å²) in [6.07, 6.45) is 6.97. The smallest absolute Gasteiger partial charge is 0.0570 e. The van der Waals surface area contributed by atoms with E-state index in [1.165, 1.54) is 25.7 Å². The van der Waals surface area contributed by atoms with E-state index in [2.05, 4.69) is 19.2 Å². The molecule has 0 saturated heterocycles. The van der Waals surface area contributed by atoms with Crippen molar-refractivity contribution in [3.8, 4) is 0 Å². The van der Waals surface area contributed by atoms with Crippen molar-refractivity contribution in [2.45, 2.75) is 70.6 Å². The van der Waals surface area contributed by atoms with Crippen LogP contribution in [0.25, 0.3) is 0 Å². The van der Waals surface area contributed by atoms with E-state index in [1.54, 1.807) is 0 Å². The number of hydrogen-bond donors (Lipinski definition) is 2. The molecule has 1 rings (SSSR count). The van der Waals surface area contributed by atoms with Crippen LogP contribution in [0.4, 0.5) is 0 Å². The molecule has 0 spiro atoms. The molecule has 0 heterocycles. The van der Waals surface area contributed by atoms with Crippen molar-refractivity contribution in [2.75, 3.05) is 0 Å². The Morgan fingerprint density at radius 2 is 1.77 bits per heavy atom. The van der Waals surface area contributed by atoms with E-state index in [4.69, 9.17) is 5.11 Å². The van der Waals surface area contributed by atoms with Crippen LogP contribution in [0.2, 0.25) is 0 Å². The molecule has 2 heteroatoms. The van der Waals surface area contributed by atoms with Crippen molar-refractivity contribution in [3.63, 3.8) is 0 Å². The van der Waals surface area contributed by atoms with Gasteiger partial charge in [0.15, 0.2) is 0 Å². The van der Waals surface area contributed by atoms with Crippen LogP contribution in [0.1, 0.15) is 52.4 Å². The highest BCUT2D eigenvalue weighted by Crippen LogP contribution is 2.21. The molecule has 0 radical (unpaired) electrons. The summed E-state index contributed by atoms with van der Waals surface area (Å²) in [6.45, 7) is 4.47. The first-order valence-electron chi connectivity index (χ1n) is 5.70. The van der Waals surface area contributed by atoms with Gasteiger partial charge in [-0.3, -0.25) is 0 Å². The van der Waals surface area contributed by atoms with Gasteiger partial charge in [-0.25, -0.2) is 0 Å². The van der Waals surface area contributed by atoms with Gasteiger partial charge in [0.2, 0.25) is 0 Å². The Bertz CT molecular complexity index is 126. The Hall–Kier alpha value is -0.0800. The van der Waals surface area contributed by atoms with Crippen LogP contribution >= 0.6 is 0 Å². The molecule has 0 unspecified atom stereocenters. The van der Waals surface area contributed by atoms with Gasteiger partial charge < -0.3 is 10.4 Å². The second-order valence-corrected chi connectivity index (χ2v) is 4.26. The molecule has 2 nitrogen and oxygen atoms in total. The second-order valence-electron chi connectivity index (χ2n) is 4.26. The van der Waals surface area contributed by atoms with Gasteiger partial charge in [-0.05, 0) is 25.7 Å². The third-order valence-electron chi connectivity index (χ3n) is 2.86. The van der Waals surface area contributed by atoms with Crippen LogP contribution in [0.5, 0.6) is 0 Å². The maximum atomic E-state index is 9.15. The summed E-state index contributed by atoms with van der Waals surface area (Å²) in [5.41, 5.74) is 0. The third kappa shape index (κ3) is 3.65. The van der Waals surface area contributed by atoms with Crippen LogP contribution < -0.4 is 5.32 Å². The van der Waals surface area contributed by atoms with Crippen molar-refractivity contribution >= 4 is 0 Å². The van der Waals surface area contributed by atoms with Gasteiger partial charge in [-0.1, -0.05) is 26.7 Å². The molecule has 0 aromatic carbocycles. The third-order valence-corrected chi connectivity index (χ3v) is 2.86. The largest absolute Gasteiger partial charge is 0.393 e. The topological polar surface area (TPSA) is 32.3 Å². The van der Waals surface area contributed by atoms with Gasteiger partial charge in [0.1, 0.15) is 0 Å². The first kappa shape index (κ1) is 11.0. The summed E-state index contributed by atoms with van der Waals surface area (Å²) in [4.78, 5) is 0. The highest BCUT2D eigenvalue weighted by Gasteiger charge is 2.28. The molecule has 1 saturated carbocycles. The quantitative estimate of drug-likeness (QED) is 0.664. The highest BCUT2D eigenvalue weighted by molar-refractivity contribution is 4.86. The molecule has 0 amide bonds. The SMILES string of the molecule is CCCC(CCC)NC1CC(O)C1. The molecule has 0 bridgehead atoms. The zero-order chi connectivity index (χ0) is 9.68. The van der Waals surface area contributed by atoms with E-state index >= 15 is 0 Å². The summed E-state index contributed by atoms with van der Waals surface area (Å²) in [5, 5.41) is 12.8. The Labute approximate surface area is 81.7 Å². The zero-order valence-electron chi connectivity index (χ0n) is 8.92.